The van der Waals surface area contributed by atoms with E-state index in [9.17, 15) is 34.8 Å². The van der Waals surface area contributed by atoms with Gasteiger partial charge in [-0.2, -0.15) is 4.99 Å². The second-order valence-corrected chi connectivity index (χ2v) is 8.35. The van der Waals surface area contributed by atoms with Gasteiger partial charge in [-0.05, 0) is 24.6 Å². The van der Waals surface area contributed by atoms with Crippen molar-refractivity contribution in [2.24, 2.45) is 4.99 Å². The molecule has 6 nitrogen and oxygen atoms in total. The first-order valence-electron chi connectivity index (χ1n) is 7.26. The van der Waals surface area contributed by atoms with Crippen molar-refractivity contribution in [3.8, 4) is 0 Å². The predicted molar refractivity (Wildman–Crippen MR) is 90.4 cm³/mol. The quantitative estimate of drug-likeness (QED) is 0.220. The normalized spacial score (nSPS) is 13.9. The first-order chi connectivity index (χ1) is 11.8. The molecule has 1 rings (SSSR count). The van der Waals surface area contributed by atoms with Crippen LogP contribution in [0.1, 0.15) is 5.56 Å². The van der Waals surface area contributed by atoms with Gasteiger partial charge in [-0.3, -0.25) is 5.32 Å². The molecular formula is C14H20F6N3O3P. The van der Waals surface area contributed by atoms with Crippen molar-refractivity contribution < 1.29 is 44.0 Å². The molecule has 1 N–H and O–H groups in total. The molecule has 0 saturated heterocycles. The molecule has 0 spiro atoms. The number of rotatable bonds is 5. The topological polar surface area (TPSA) is 67.8 Å². The zero-order chi connectivity index (χ0) is 21.6. The summed E-state index contributed by atoms with van der Waals surface area (Å²) in [5.74, 6) is 0. The van der Waals surface area contributed by atoms with E-state index >= 15 is 0 Å². The number of carbonyl (C=O) groups excluding carboxylic acids is 2. The number of aliphatic imine (C=N–C) groups is 1. The van der Waals surface area contributed by atoms with Crippen molar-refractivity contribution in [1.29, 1.82) is 0 Å². The number of nitrogens with zero attached hydrogens (tertiary/aromatic N) is 2. The van der Waals surface area contributed by atoms with E-state index < -0.39 is 13.9 Å². The van der Waals surface area contributed by atoms with Crippen molar-refractivity contribution in [2.45, 2.75) is 6.92 Å². The molecular weight excluding hydrogens is 403 g/mol. The Hall–Kier alpha value is -2.16. The summed E-state index contributed by atoms with van der Waals surface area (Å²) < 4.78 is 65.0. The van der Waals surface area contributed by atoms with E-state index in [-0.39, 0.29) is 0 Å². The number of anilines is 1. The molecule has 0 aliphatic rings. The van der Waals surface area contributed by atoms with Crippen LogP contribution in [0.5, 0.6) is 0 Å². The van der Waals surface area contributed by atoms with E-state index in [4.69, 9.17) is 4.74 Å². The molecule has 0 bridgehead atoms. The number of ether oxygens (including phenoxy) is 1. The van der Waals surface area contributed by atoms with Crippen LogP contribution in [0.3, 0.4) is 0 Å². The summed E-state index contributed by atoms with van der Waals surface area (Å²) in [5.41, 5.74) is 1.83. The van der Waals surface area contributed by atoms with E-state index in [0.29, 0.717) is 18.0 Å². The van der Waals surface area contributed by atoms with Gasteiger partial charge in [-0.25, -0.2) is 9.59 Å². The Bertz CT molecular complexity index is 714. The third-order valence-electron chi connectivity index (χ3n) is 2.62. The van der Waals surface area contributed by atoms with Gasteiger partial charge in [-0.15, -0.1) is 0 Å². The second-order valence-electron chi connectivity index (χ2n) is 6.44. The number of likely N-dealkylation sites (N-methyl/N-ethyl adjacent to an activating group) is 1. The van der Waals surface area contributed by atoms with Crippen molar-refractivity contribution in [3.05, 3.63) is 23.8 Å². The maximum absolute atomic E-state index is 11.6. The van der Waals surface area contributed by atoms with Crippen molar-refractivity contribution in [1.82, 2.24) is 0 Å². The van der Waals surface area contributed by atoms with Gasteiger partial charge in [0.05, 0.1) is 26.8 Å². The van der Waals surface area contributed by atoms with E-state index in [1.807, 2.05) is 28.1 Å². The molecule has 0 radical (unpaired) electrons. The third kappa shape index (κ3) is 18.4. The first-order valence-corrected chi connectivity index (χ1v) is 9.29. The molecule has 13 heteroatoms. The number of hydrogen-bond acceptors (Lipinski definition) is 4. The SMILES string of the molecule is Cc1ccc(NC(=O)OCC[N+](C)(C)C)cc1N=C=O.F[P-](F)(F)(F)(F)F. The fourth-order valence-corrected chi connectivity index (χ4v) is 1.42. The Morgan fingerprint density at radius 3 is 2.15 bits per heavy atom. The Labute approximate surface area is 151 Å². The Kier molecular flexibility index (Phi) is 7.21. The summed E-state index contributed by atoms with van der Waals surface area (Å²) in [6.07, 6.45) is 0.961. The molecule has 27 heavy (non-hydrogen) atoms. The number of halogens is 6. The van der Waals surface area contributed by atoms with Gasteiger partial charge in [0.25, 0.3) is 0 Å². The number of aryl methyl sites for hydroxylation is 1. The Morgan fingerprint density at radius 2 is 1.70 bits per heavy atom. The molecule has 0 unspecified atom stereocenters. The maximum atomic E-state index is 11.6. The van der Waals surface area contributed by atoms with E-state index in [2.05, 4.69) is 10.3 Å². The summed E-state index contributed by atoms with van der Waals surface area (Å²) in [4.78, 5) is 25.5. The van der Waals surface area contributed by atoms with Gasteiger partial charge in [0.2, 0.25) is 6.08 Å². The number of amides is 1. The van der Waals surface area contributed by atoms with Gasteiger partial charge in [0, 0.05) is 5.69 Å². The molecule has 0 aliphatic carbocycles. The van der Waals surface area contributed by atoms with E-state index in [0.717, 1.165) is 16.6 Å². The van der Waals surface area contributed by atoms with Crippen LogP contribution < -0.4 is 5.32 Å². The van der Waals surface area contributed by atoms with Crippen LogP contribution in [0, 0.1) is 6.92 Å². The number of isocyanates is 1. The molecule has 156 valence electrons. The van der Waals surface area contributed by atoms with Crippen molar-refractivity contribution in [2.75, 3.05) is 39.6 Å². The van der Waals surface area contributed by atoms with Crippen LogP contribution in [0.25, 0.3) is 0 Å². The fraction of sp³-hybridized carbons (Fsp3) is 0.429. The zero-order valence-electron chi connectivity index (χ0n) is 15.0. The Morgan fingerprint density at radius 1 is 1.19 bits per heavy atom. The fourth-order valence-electron chi connectivity index (χ4n) is 1.42. The minimum absolute atomic E-state index is 0.334. The summed E-state index contributed by atoms with van der Waals surface area (Å²) >= 11 is 0. The second kappa shape index (κ2) is 7.84. The van der Waals surface area contributed by atoms with Gasteiger partial charge in [-0.1, -0.05) is 6.07 Å². The van der Waals surface area contributed by atoms with Crippen LogP contribution in [0.4, 0.5) is 41.4 Å². The van der Waals surface area contributed by atoms with Crippen LogP contribution in [-0.2, 0) is 9.53 Å². The third-order valence-corrected chi connectivity index (χ3v) is 2.62. The van der Waals surface area contributed by atoms with Crippen LogP contribution in [0.2, 0.25) is 0 Å². The van der Waals surface area contributed by atoms with Crippen molar-refractivity contribution >= 4 is 31.4 Å². The Balaban J connectivity index is 0.000000821. The molecule has 0 fully saturated rings. The van der Waals surface area contributed by atoms with Crippen LogP contribution in [-0.4, -0.2) is 51.0 Å². The molecule has 0 atom stereocenters. The average molecular weight is 423 g/mol. The van der Waals surface area contributed by atoms with E-state index in [1.54, 1.807) is 18.2 Å². The van der Waals surface area contributed by atoms with E-state index in [1.165, 1.54) is 6.08 Å². The first kappa shape index (κ1) is 24.8. The zero-order valence-corrected chi connectivity index (χ0v) is 15.9. The molecule has 0 saturated carbocycles. The summed E-state index contributed by atoms with van der Waals surface area (Å²) in [6, 6.07) is 5.08. The van der Waals surface area contributed by atoms with Gasteiger partial charge in [0.1, 0.15) is 13.2 Å². The number of hydrogen-bond donors (Lipinski definition) is 1. The summed E-state index contributed by atoms with van der Waals surface area (Å²) in [5, 5.41) is 2.60. The molecule has 1 amide bonds. The van der Waals surface area contributed by atoms with Crippen molar-refractivity contribution in [3.63, 3.8) is 0 Å². The molecule has 0 aromatic heterocycles. The number of quaternary nitrogens is 1. The van der Waals surface area contributed by atoms with Gasteiger partial charge < -0.3 is 9.22 Å². The average Bonchev–Trinajstić information content (AvgIpc) is 2.38. The monoisotopic (exact) mass is 423 g/mol. The molecule has 1 aromatic carbocycles. The standard InChI is InChI=1S/C14H19N3O3.F6P/c1-11-5-6-12(9-13(11)15-10-18)16-14(19)20-8-7-17(2,3)4;1-7(2,3,4,5)6/h5-6,9H,7-8H2,1-4H3;/q;-1/p+1. The van der Waals surface area contributed by atoms with Gasteiger partial charge in [0.15, 0.2) is 0 Å². The number of carbonyl (C=O) groups is 1. The molecule has 1 aromatic rings. The minimum atomic E-state index is -10.7. The molecule has 0 aliphatic heterocycles. The summed E-state index contributed by atoms with van der Waals surface area (Å²) in [6.45, 7) is 2.88. The summed E-state index contributed by atoms with van der Waals surface area (Å²) in [7, 11) is -4.60. The predicted octanol–water partition coefficient (Wildman–Crippen LogP) is 5.60. The van der Waals surface area contributed by atoms with Crippen LogP contribution in [0.15, 0.2) is 23.2 Å². The number of benzene rings is 1. The molecule has 0 heterocycles. The van der Waals surface area contributed by atoms with Crippen LogP contribution >= 0.6 is 7.81 Å². The van der Waals surface area contributed by atoms with Gasteiger partial charge >= 0.3 is 39.1 Å². The number of nitrogens with one attached hydrogen (secondary N) is 1.